The first-order chi connectivity index (χ1) is 13.7. The van der Waals surface area contributed by atoms with Crippen molar-refractivity contribution in [1.82, 2.24) is 15.6 Å². The lowest BCUT2D eigenvalue weighted by atomic mass is 10.2. The molecule has 0 bridgehead atoms. The number of aromatic nitrogens is 1. The van der Waals surface area contributed by atoms with Crippen LogP contribution in [0.4, 0.5) is 15.0 Å². The van der Waals surface area contributed by atoms with E-state index in [2.05, 4.69) is 20.9 Å². The molecule has 0 aliphatic heterocycles. The number of nitrogens with zero attached hydrogens (tertiary/aromatic N) is 1. The van der Waals surface area contributed by atoms with Gasteiger partial charge in [-0.15, -0.1) is 0 Å². The molecule has 0 saturated carbocycles. The number of hydrogen-bond donors (Lipinski definition) is 3. The number of pyridine rings is 1. The van der Waals surface area contributed by atoms with Gasteiger partial charge in [0.1, 0.15) is 17.4 Å². The highest BCUT2D eigenvalue weighted by molar-refractivity contribution is 5.80. The Labute approximate surface area is 163 Å². The van der Waals surface area contributed by atoms with Crippen LogP contribution in [0.25, 0.3) is 10.9 Å². The van der Waals surface area contributed by atoms with Crippen molar-refractivity contribution in [3.8, 4) is 5.75 Å². The first-order valence-corrected chi connectivity index (χ1v) is 9.20. The SMILES string of the molecule is O=C(NCCCOc1ccc(F)cc1)NCCNc1ccc2ccccc2n1. The molecule has 2 aromatic carbocycles. The highest BCUT2D eigenvalue weighted by atomic mass is 19.1. The Morgan fingerprint density at radius 1 is 0.929 bits per heavy atom. The third-order valence-electron chi connectivity index (χ3n) is 4.00. The van der Waals surface area contributed by atoms with E-state index in [4.69, 9.17) is 4.74 Å². The average Bonchev–Trinajstić information content (AvgIpc) is 2.72. The van der Waals surface area contributed by atoms with E-state index in [0.717, 1.165) is 16.7 Å². The standard InChI is InChI=1S/C21H23FN4O2/c22-17-7-9-18(10-8-17)28-15-3-12-24-21(27)25-14-13-23-20-11-6-16-4-1-2-5-19(16)26-20/h1-2,4-11H,3,12-15H2,(H,23,26)(H2,24,25,27). The molecule has 0 fully saturated rings. The fourth-order valence-corrected chi connectivity index (χ4v) is 2.59. The number of halogens is 1. The zero-order valence-corrected chi connectivity index (χ0v) is 15.5. The number of para-hydroxylation sites is 1. The summed E-state index contributed by atoms with van der Waals surface area (Å²) < 4.78 is 18.3. The quantitative estimate of drug-likeness (QED) is 0.495. The first kappa shape index (κ1) is 19.4. The van der Waals surface area contributed by atoms with Gasteiger partial charge in [0, 0.05) is 25.0 Å². The summed E-state index contributed by atoms with van der Waals surface area (Å²) in [6.07, 6.45) is 0.657. The topological polar surface area (TPSA) is 75.3 Å². The Morgan fingerprint density at radius 2 is 1.71 bits per heavy atom. The van der Waals surface area contributed by atoms with Gasteiger partial charge >= 0.3 is 6.03 Å². The van der Waals surface area contributed by atoms with Crippen molar-refractivity contribution < 1.29 is 13.9 Å². The zero-order valence-electron chi connectivity index (χ0n) is 15.5. The second kappa shape index (κ2) is 10.1. The number of carbonyl (C=O) groups excluding carboxylic acids is 1. The molecule has 3 aromatic rings. The monoisotopic (exact) mass is 382 g/mol. The summed E-state index contributed by atoms with van der Waals surface area (Å²) in [5.74, 6) is 1.09. The number of anilines is 1. The van der Waals surface area contributed by atoms with Gasteiger partial charge in [0.25, 0.3) is 0 Å². The largest absolute Gasteiger partial charge is 0.494 e. The second-order valence-corrected chi connectivity index (χ2v) is 6.15. The molecule has 3 rings (SSSR count). The van der Waals surface area contributed by atoms with Crippen LogP contribution in [0.2, 0.25) is 0 Å². The van der Waals surface area contributed by atoms with Crippen LogP contribution in [0.5, 0.6) is 5.75 Å². The summed E-state index contributed by atoms with van der Waals surface area (Å²) in [6, 6.07) is 17.5. The predicted molar refractivity (Wildman–Crippen MR) is 108 cm³/mol. The van der Waals surface area contributed by atoms with Crippen LogP contribution >= 0.6 is 0 Å². The van der Waals surface area contributed by atoms with Gasteiger partial charge in [0.05, 0.1) is 12.1 Å². The molecule has 3 N–H and O–H groups in total. The number of urea groups is 1. The van der Waals surface area contributed by atoms with E-state index in [1.54, 1.807) is 12.1 Å². The molecule has 0 aliphatic carbocycles. The van der Waals surface area contributed by atoms with Gasteiger partial charge in [-0.05, 0) is 48.9 Å². The molecule has 0 unspecified atom stereocenters. The summed E-state index contributed by atoms with van der Waals surface area (Å²) in [7, 11) is 0. The molecule has 0 aliphatic rings. The Kier molecular flexibility index (Phi) is 7.01. The van der Waals surface area contributed by atoms with E-state index in [0.29, 0.717) is 38.4 Å². The van der Waals surface area contributed by atoms with Gasteiger partial charge in [-0.25, -0.2) is 14.2 Å². The summed E-state index contributed by atoms with van der Waals surface area (Å²) in [5.41, 5.74) is 0.932. The van der Waals surface area contributed by atoms with Gasteiger partial charge in [-0.1, -0.05) is 18.2 Å². The van der Waals surface area contributed by atoms with Crippen LogP contribution in [0.1, 0.15) is 6.42 Å². The molecular formula is C21H23FN4O2. The Bertz CT molecular complexity index is 902. The van der Waals surface area contributed by atoms with Gasteiger partial charge in [0.2, 0.25) is 0 Å². The van der Waals surface area contributed by atoms with Crippen molar-refractivity contribution in [1.29, 1.82) is 0 Å². The van der Waals surface area contributed by atoms with E-state index < -0.39 is 0 Å². The van der Waals surface area contributed by atoms with Crippen molar-refractivity contribution in [2.45, 2.75) is 6.42 Å². The van der Waals surface area contributed by atoms with Crippen LogP contribution in [-0.2, 0) is 0 Å². The smallest absolute Gasteiger partial charge is 0.314 e. The maximum atomic E-state index is 12.8. The number of hydrogen-bond acceptors (Lipinski definition) is 4. The van der Waals surface area contributed by atoms with Gasteiger partial charge < -0.3 is 20.7 Å². The summed E-state index contributed by atoms with van der Waals surface area (Å²) in [5, 5.41) is 9.83. The predicted octanol–water partition coefficient (Wildman–Crippen LogP) is 3.55. The number of rotatable bonds is 9. The van der Waals surface area contributed by atoms with Crippen LogP contribution in [0, 0.1) is 5.82 Å². The number of ether oxygens (including phenoxy) is 1. The van der Waals surface area contributed by atoms with Crippen LogP contribution in [0.15, 0.2) is 60.7 Å². The first-order valence-electron chi connectivity index (χ1n) is 9.20. The van der Waals surface area contributed by atoms with Gasteiger partial charge in [-0.2, -0.15) is 0 Å². The van der Waals surface area contributed by atoms with E-state index in [1.165, 1.54) is 12.1 Å². The molecule has 1 aromatic heterocycles. The van der Waals surface area contributed by atoms with Crippen molar-refractivity contribution in [2.24, 2.45) is 0 Å². The summed E-state index contributed by atoms with van der Waals surface area (Å²) in [6.45, 7) is 1.99. The lowest BCUT2D eigenvalue weighted by molar-refractivity contribution is 0.239. The Balaban J connectivity index is 1.25. The minimum Gasteiger partial charge on any atom is -0.494 e. The fourth-order valence-electron chi connectivity index (χ4n) is 2.59. The van der Waals surface area contributed by atoms with Crippen molar-refractivity contribution in [3.05, 3.63) is 66.5 Å². The third-order valence-corrected chi connectivity index (χ3v) is 4.00. The maximum Gasteiger partial charge on any atom is 0.314 e. The molecule has 0 saturated heterocycles. The van der Waals surface area contributed by atoms with Crippen molar-refractivity contribution in [3.63, 3.8) is 0 Å². The normalized spacial score (nSPS) is 10.5. The van der Waals surface area contributed by atoms with E-state index in [1.807, 2.05) is 36.4 Å². The lowest BCUT2D eigenvalue weighted by Crippen LogP contribution is -2.38. The minimum atomic E-state index is -0.295. The van der Waals surface area contributed by atoms with Crippen LogP contribution < -0.4 is 20.7 Å². The molecule has 2 amide bonds. The van der Waals surface area contributed by atoms with E-state index >= 15 is 0 Å². The molecule has 1 heterocycles. The molecule has 7 heteroatoms. The summed E-state index contributed by atoms with van der Waals surface area (Å²) >= 11 is 0. The maximum absolute atomic E-state index is 12.8. The third kappa shape index (κ3) is 6.12. The average molecular weight is 382 g/mol. The number of nitrogens with one attached hydrogen (secondary N) is 3. The van der Waals surface area contributed by atoms with Crippen molar-refractivity contribution >= 4 is 22.8 Å². The number of amides is 2. The summed E-state index contributed by atoms with van der Waals surface area (Å²) in [4.78, 5) is 16.3. The zero-order chi connectivity index (χ0) is 19.6. The molecule has 28 heavy (non-hydrogen) atoms. The van der Waals surface area contributed by atoms with Crippen molar-refractivity contribution in [2.75, 3.05) is 31.6 Å². The molecular weight excluding hydrogens is 359 g/mol. The molecule has 146 valence electrons. The number of fused-ring (bicyclic) bond motifs is 1. The Hall–Kier alpha value is -3.35. The molecule has 6 nitrogen and oxygen atoms in total. The Morgan fingerprint density at radius 3 is 2.57 bits per heavy atom. The van der Waals surface area contributed by atoms with Gasteiger partial charge in [0.15, 0.2) is 0 Å². The lowest BCUT2D eigenvalue weighted by Gasteiger charge is -2.10. The highest BCUT2D eigenvalue weighted by Gasteiger charge is 2.01. The van der Waals surface area contributed by atoms with Crippen LogP contribution in [-0.4, -0.2) is 37.3 Å². The number of benzene rings is 2. The molecule has 0 atom stereocenters. The van der Waals surface area contributed by atoms with E-state index in [-0.39, 0.29) is 11.8 Å². The molecule has 0 spiro atoms. The fraction of sp³-hybridized carbons (Fsp3) is 0.238. The second-order valence-electron chi connectivity index (χ2n) is 6.15. The van der Waals surface area contributed by atoms with Crippen LogP contribution in [0.3, 0.4) is 0 Å². The highest BCUT2D eigenvalue weighted by Crippen LogP contribution is 2.14. The minimum absolute atomic E-state index is 0.227. The number of carbonyl (C=O) groups is 1. The molecule has 0 radical (unpaired) electrons. The van der Waals surface area contributed by atoms with Gasteiger partial charge in [-0.3, -0.25) is 0 Å². The van der Waals surface area contributed by atoms with E-state index in [9.17, 15) is 9.18 Å².